The quantitative estimate of drug-likeness (QED) is 0.907. The second-order valence-electron chi connectivity index (χ2n) is 3.75. The summed E-state index contributed by atoms with van der Waals surface area (Å²) in [4.78, 5) is 10.8. The number of nitrogens with zero attached hydrogens (tertiary/aromatic N) is 2. The molecule has 102 valence electrons. The molecule has 0 saturated heterocycles. The van der Waals surface area contributed by atoms with Crippen molar-refractivity contribution in [1.82, 2.24) is 5.16 Å². The Hall–Kier alpha value is -3.01. The molecule has 0 spiro atoms. The molecule has 0 bridgehead atoms. The summed E-state index contributed by atoms with van der Waals surface area (Å²) >= 11 is 0. The fourth-order valence-corrected chi connectivity index (χ4v) is 1.71. The van der Waals surface area contributed by atoms with Gasteiger partial charge in [-0.25, -0.2) is 4.79 Å². The van der Waals surface area contributed by atoms with Crippen molar-refractivity contribution in [1.29, 1.82) is 5.26 Å². The second-order valence-corrected chi connectivity index (χ2v) is 3.75. The number of carboxylic acid groups (broad SMARTS) is 1. The Morgan fingerprint density at radius 2 is 2.10 bits per heavy atom. The highest BCUT2D eigenvalue weighted by molar-refractivity contribution is 5.86. The molecule has 0 fully saturated rings. The van der Waals surface area contributed by atoms with Gasteiger partial charge < -0.3 is 19.1 Å². The summed E-state index contributed by atoms with van der Waals surface area (Å²) in [5.74, 6) is -0.847. The molecule has 0 atom stereocenters. The normalized spacial score (nSPS) is 9.85. The van der Waals surface area contributed by atoms with E-state index in [1.54, 1.807) is 6.07 Å². The van der Waals surface area contributed by atoms with Crippen LogP contribution in [0.4, 0.5) is 0 Å². The van der Waals surface area contributed by atoms with Crippen LogP contribution in [0.25, 0.3) is 11.3 Å². The van der Waals surface area contributed by atoms with E-state index in [-0.39, 0.29) is 11.3 Å². The fraction of sp³-hybridized carbons (Fsp3) is 0.154. The summed E-state index contributed by atoms with van der Waals surface area (Å²) in [5, 5.41) is 21.6. The minimum absolute atomic E-state index is 0.252. The van der Waals surface area contributed by atoms with Gasteiger partial charge in [-0.3, -0.25) is 0 Å². The highest BCUT2D eigenvalue weighted by Crippen LogP contribution is 2.35. The molecule has 0 aliphatic carbocycles. The van der Waals surface area contributed by atoms with Crippen LogP contribution in [0.5, 0.6) is 11.5 Å². The van der Waals surface area contributed by atoms with Gasteiger partial charge in [0.2, 0.25) is 5.76 Å². The molecular formula is C13H10N2O5. The monoisotopic (exact) mass is 274 g/mol. The maximum absolute atomic E-state index is 10.8. The highest BCUT2D eigenvalue weighted by atomic mass is 16.5. The molecule has 7 nitrogen and oxygen atoms in total. The Morgan fingerprint density at radius 3 is 2.60 bits per heavy atom. The maximum Gasteiger partial charge on any atom is 0.374 e. The molecule has 1 N–H and O–H groups in total. The first kappa shape index (κ1) is 13.4. The lowest BCUT2D eigenvalue weighted by atomic mass is 10.1. The summed E-state index contributed by atoms with van der Waals surface area (Å²) in [6, 6.07) is 6.35. The SMILES string of the molecule is COc1cc(-c2cc(C(=O)O)on2)cc(C#N)c1OC. The molecule has 0 unspecified atom stereocenters. The van der Waals surface area contributed by atoms with E-state index < -0.39 is 5.97 Å². The topological polar surface area (TPSA) is 106 Å². The molecule has 0 aliphatic heterocycles. The average molecular weight is 274 g/mol. The molecule has 0 aliphatic rings. The number of methoxy groups -OCH3 is 2. The van der Waals surface area contributed by atoms with Crippen molar-refractivity contribution in [3.8, 4) is 28.8 Å². The zero-order valence-electron chi connectivity index (χ0n) is 10.7. The predicted octanol–water partition coefficient (Wildman–Crippen LogP) is 1.93. The van der Waals surface area contributed by atoms with E-state index in [0.717, 1.165) is 0 Å². The van der Waals surface area contributed by atoms with Gasteiger partial charge in [0.15, 0.2) is 11.5 Å². The highest BCUT2D eigenvalue weighted by Gasteiger charge is 2.17. The number of ether oxygens (including phenoxy) is 2. The Kier molecular flexibility index (Phi) is 3.57. The second kappa shape index (κ2) is 5.32. The van der Waals surface area contributed by atoms with Crippen LogP contribution in [-0.4, -0.2) is 30.5 Å². The molecule has 1 heterocycles. The number of carboxylic acids is 1. The minimum atomic E-state index is -1.22. The van der Waals surface area contributed by atoms with Gasteiger partial charge in [0.25, 0.3) is 0 Å². The molecule has 2 rings (SSSR count). The Morgan fingerprint density at radius 1 is 1.35 bits per heavy atom. The summed E-state index contributed by atoms with van der Waals surface area (Å²) < 4.78 is 14.9. The molecule has 1 aromatic heterocycles. The van der Waals surface area contributed by atoms with E-state index in [9.17, 15) is 4.79 Å². The molecule has 20 heavy (non-hydrogen) atoms. The van der Waals surface area contributed by atoms with Crippen LogP contribution in [-0.2, 0) is 0 Å². The maximum atomic E-state index is 10.8. The number of aromatic nitrogens is 1. The van der Waals surface area contributed by atoms with Crippen LogP contribution in [0.1, 0.15) is 16.1 Å². The molecular weight excluding hydrogens is 264 g/mol. The summed E-state index contributed by atoms with van der Waals surface area (Å²) in [6.45, 7) is 0. The zero-order chi connectivity index (χ0) is 14.7. The van der Waals surface area contributed by atoms with Crippen molar-refractivity contribution in [2.24, 2.45) is 0 Å². The van der Waals surface area contributed by atoms with E-state index in [0.29, 0.717) is 22.8 Å². The van der Waals surface area contributed by atoms with Crippen molar-refractivity contribution in [3.63, 3.8) is 0 Å². The van der Waals surface area contributed by atoms with Gasteiger partial charge in [0, 0.05) is 11.6 Å². The lowest BCUT2D eigenvalue weighted by Crippen LogP contribution is -1.95. The molecule has 0 amide bonds. The van der Waals surface area contributed by atoms with Crippen molar-refractivity contribution in [2.45, 2.75) is 0 Å². The standard InChI is InChI=1S/C13H10N2O5/c1-18-10-4-7(3-8(6-14)12(10)19-2)9-5-11(13(16)17)20-15-9/h3-5H,1-2H3,(H,16,17). The van der Waals surface area contributed by atoms with Crippen molar-refractivity contribution in [2.75, 3.05) is 14.2 Å². The third kappa shape index (κ3) is 2.27. The average Bonchev–Trinajstić information content (AvgIpc) is 2.95. The van der Waals surface area contributed by atoms with Crippen LogP contribution >= 0.6 is 0 Å². The smallest absolute Gasteiger partial charge is 0.374 e. The Balaban J connectivity index is 2.57. The summed E-state index contributed by atoms with van der Waals surface area (Å²) in [7, 11) is 2.87. The summed E-state index contributed by atoms with van der Waals surface area (Å²) in [5.41, 5.74) is 1.04. The number of rotatable bonds is 4. The van der Waals surface area contributed by atoms with Crippen molar-refractivity contribution >= 4 is 5.97 Å². The predicted molar refractivity (Wildman–Crippen MR) is 66.7 cm³/mol. The van der Waals surface area contributed by atoms with E-state index in [4.69, 9.17) is 19.8 Å². The number of carbonyl (C=O) groups is 1. The first-order chi connectivity index (χ1) is 9.60. The molecule has 1 aromatic carbocycles. The first-order valence-corrected chi connectivity index (χ1v) is 5.47. The molecule has 7 heteroatoms. The van der Waals surface area contributed by atoms with Crippen molar-refractivity contribution in [3.05, 3.63) is 29.5 Å². The van der Waals surface area contributed by atoms with Gasteiger partial charge in [-0.2, -0.15) is 5.26 Å². The van der Waals surface area contributed by atoms with Gasteiger partial charge in [0.05, 0.1) is 19.8 Å². The van der Waals surface area contributed by atoms with E-state index in [1.165, 1.54) is 26.4 Å². The first-order valence-electron chi connectivity index (χ1n) is 5.47. The van der Waals surface area contributed by atoms with Crippen LogP contribution < -0.4 is 9.47 Å². The van der Waals surface area contributed by atoms with E-state index in [1.807, 2.05) is 6.07 Å². The summed E-state index contributed by atoms with van der Waals surface area (Å²) in [6.07, 6.45) is 0. The Bertz CT molecular complexity index is 699. The van der Waals surface area contributed by atoms with Crippen LogP contribution in [0.2, 0.25) is 0 Å². The molecule has 0 saturated carbocycles. The number of hydrogen-bond donors (Lipinski definition) is 1. The van der Waals surface area contributed by atoms with Gasteiger partial charge in [0.1, 0.15) is 11.8 Å². The van der Waals surface area contributed by atoms with E-state index in [2.05, 4.69) is 9.68 Å². The van der Waals surface area contributed by atoms with Crippen molar-refractivity contribution < 1.29 is 23.9 Å². The van der Waals surface area contributed by atoms with Crippen LogP contribution in [0.15, 0.2) is 22.7 Å². The number of aromatic carboxylic acids is 1. The van der Waals surface area contributed by atoms with E-state index >= 15 is 0 Å². The van der Waals surface area contributed by atoms with Gasteiger partial charge in [-0.05, 0) is 12.1 Å². The molecule has 2 aromatic rings. The number of hydrogen-bond acceptors (Lipinski definition) is 6. The van der Waals surface area contributed by atoms with Gasteiger partial charge >= 0.3 is 5.97 Å². The van der Waals surface area contributed by atoms with Crippen LogP contribution in [0.3, 0.4) is 0 Å². The largest absolute Gasteiger partial charge is 0.493 e. The lowest BCUT2D eigenvalue weighted by Gasteiger charge is -2.10. The molecule has 0 radical (unpaired) electrons. The number of nitriles is 1. The third-order valence-corrected chi connectivity index (χ3v) is 2.62. The fourth-order valence-electron chi connectivity index (χ4n) is 1.71. The minimum Gasteiger partial charge on any atom is -0.493 e. The third-order valence-electron chi connectivity index (χ3n) is 2.62. The number of benzene rings is 1. The van der Waals surface area contributed by atoms with Gasteiger partial charge in [-0.1, -0.05) is 5.16 Å². The zero-order valence-corrected chi connectivity index (χ0v) is 10.7. The lowest BCUT2D eigenvalue weighted by molar-refractivity contribution is 0.0652. The Labute approximate surface area is 113 Å². The van der Waals surface area contributed by atoms with Gasteiger partial charge in [-0.15, -0.1) is 0 Å². The van der Waals surface area contributed by atoms with Crippen LogP contribution in [0, 0.1) is 11.3 Å².